The maximum atomic E-state index is 14.1. The van der Waals surface area contributed by atoms with Crippen molar-refractivity contribution in [3.63, 3.8) is 0 Å². The van der Waals surface area contributed by atoms with Gasteiger partial charge in [-0.2, -0.15) is 18.3 Å². The van der Waals surface area contributed by atoms with Crippen molar-refractivity contribution in [1.82, 2.24) is 19.6 Å². The van der Waals surface area contributed by atoms with Crippen LogP contribution >= 0.6 is 0 Å². The molecule has 1 fully saturated rings. The number of nitrogens with zero attached hydrogens (tertiary/aromatic N) is 4. The van der Waals surface area contributed by atoms with Gasteiger partial charge in [0.2, 0.25) is 0 Å². The molecule has 1 aromatic heterocycles. The minimum absolute atomic E-state index is 0.0788. The number of nitrogens with one attached hydrogen (secondary N) is 1. The topological polar surface area (TPSA) is 71.9 Å². The predicted molar refractivity (Wildman–Crippen MR) is 135 cm³/mol. The van der Waals surface area contributed by atoms with E-state index in [-0.39, 0.29) is 23.7 Å². The summed E-state index contributed by atoms with van der Waals surface area (Å²) in [5, 5.41) is 7.17. The Bertz CT molecular complexity index is 1270. The van der Waals surface area contributed by atoms with Crippen LogP contribution in [0, 0.1) is 0 Å². The number of aromatic nitrogens is 2. The predicted octanol–water partition coefficient (Wildman–Crippen LogP) is 4.52. The van der Waals surface area contributed by atoms with Crippen LogP contribution in [-0.4, -0.2) is 72.1 Å². The molecule has 0 saturated carbocycles. The van der Waals surface area contributed by atoms with E-state index in [2.05, 4.69) is 27.4 Å². The first-order valence-corrected chi connectivity index (χ1v) is 12.5. The molecule has 1 N–H and O–H groups in total. The lowest BCUT2D eigenvalue weighted by Gasteiger charge is -2.36. The van der Waals surface area contributed by atoms with Crippen molar-refractivity contribution < 1.29 is 27.4 Å². The number of methoxy groups -OCH3 is 2. The van der Waals surface area contributed by atoms with E-state index < -0.39 is 18.3 Å². The molecule has 3 heterocycles. The third-order valence-electron chi connectivity index (χ3n) is 7.19. The highest BCUT2D eigenvalue weighted by Gasteiger charge is 2.47. The molecule has 2 atom stereocenters. The van der Waals surface area contributed by atoms with E-state index in [1.54, 1.807) is 23.1 Å². The van der Waals surface area contributed by atoms with Crippen molar-refractivity contribution in [3.8, 4) is 11.5 Å². The van der Waals surface area contributed by atoms with E-state index in [9.17, 15) is 18.0 Å². The molecule has 0 aliphatic carbocycles. The van der Waals surface area contributed by atoms with Gasteiger partial charge in [0, 0.05) is 39.1 Å². The van der Waals surface area contributed by atoms with E-state index in [1.165, 1.54) is 26.0 Å². The number of hydrogen-bond acceptors (Lipinski definition) is 6. The Hall–Kier alpha value is -3.73. The zero-order valence-electron chi connectivity index (χ0n) is 21.2. The fourth-order valence-electron chi connectivity index (χ4n) is 5.13. The number of carbonyl (C=O) groups is 1. The van der Waals surface area contributed by atoms with Crippen LogP contribution < -0.4 is 14.8 Å². The SMILES string of the molecule is COc1ccc([C@H]2C[C@@H](C(F)(F)F)n3ncc(C(=O)N4CCN(Cc5ccccc5)CC4)c3N2)cc1OC. The second-order valence-corrected chi connectivity index (χ2v) is 9.51. The van der Waals surface area contributed by atoms with Crippen LogP contribution in [0.3, 0.4) is 0 Å². The van der Waals surface area contributed by atoms with Gasteiger partial charge in [0.05, 0.1) is 26.5 Å². The van der Waals surface area contributed by atoms with Crippen molar-refractivity contribution in [2.75, 3.05) is 45.7 Å². The van der Waals surface area contributed by atoms with Gasteiger partial charge in [-0.05, 0) is 23.3 Å². The smallest absolute Gasteiger partial charge is 0.410 e. The highest BCUT2D eigenvalue weighted by atomic mass is 19.4. The van der Waals surface area contributed by atoms with E-state index in [1.807, 2.05) is 18.2 Å². The molecule has 2 aliphatic rings. The molecule has 0 spiro atoms. The van der Waals surface area contributed by atoms with Crippen LogP contribution in [0.1, 0.15) is 40.0 Å². The molecule has 8 nitrogen and oxygen atoms in total. The van der Waals surface area contributed by atoms with E-state index in [4.69, 9.17) is 9.47 Å². The molecule has 1 saturated heterocycles. The molecule has 2 aromatic carbocycles. The zero-order valence-corrected chi connectivity index (χ0v) is 21.2. The Morgan fingerprint density at radius 3 is 2.39 bits per heavy atom. The number of fused-ring (bicyclic) bond motifs is 1. The Morgan fingerprint density at radius 1 is 1.03 bits per heavy atom. The number of ether oxygens (including phenoxy) is 2. The second-order valence-electron chi connectivity index (χ2n) is 9.51. The van der Waals surface area contributed by atoms with Gasteiger partial charge in [0.25, 0.3) is 5.91 Å². The van der Waals surface area contributed by atoms with Gasteiger partial charge in [-0.3, -0.25) is 9.69 Å². The standard InChI is InChI=1S/C27H30F3N5O3/c1-37-22-9-8-19(14-23(22)38-2)21-15-24(27(28,29)30)35-25(32-21)20(16-31-35)26(36)34-12-10-33(11-13-34)17-18-6-4-3-5-7-18/h3-9,14,16,21,24,32H,10-13,15,17H2,1-2H3/t21-,24+/m1/s1. The lowest BCUT2D eigenvalue weighted by Crippen LogP contribution is -2.48. The summed E-state index contributed by atoms with van der Waals surface area (Å²) in [4.78, 5) is 17.4. The van der Waals surface area contributed by atoms with Crippen LogP contribution in [0.15, 0.2) is 54.7 Å². The molecular weight excluding hydrogens is 499 g/mol. The van der Waals surface area contributed by atoms with Gasteiger partial charge in [-0.15, -0.1) is 0 Å². The molecule has 202 valence electrons. The van der Waals surface area contributed by atoms with Crippen molar-refractivity contribution in [2.24, 2.45) is 0 Å². The molecule has 2 aliphatic heterocycles. The van der Waals surface area contributed by atoms with Crippen molar-refractivity contribution >= 4 is 11.7 Å². The molecule has 11 heteroatoms. The van der Waals surface area contributed by atoms with Crippen LogP contribution in [0.2, 0.25) is 0 Å². The lowest BCUT2D eigenvalue weighted by atomic mass is 9.96. The molecule has 0 radical (unpaired) electrons. The number of alkyl halides is 3. The molecule has 0 unspecified atom stereocenters. The summed E-state index contributed by atoms with van der Waals surface area (Å²) >= 11 is 0. The van der Waals surface area contributed by atoms with E-state index in [0.29, 0.717) is 43.2 Å². The number of amides is 1. The summed E-state index contributed by atoms with van der Waals surface area (Å²) in [6.07, 6.45) is -3.57. The fraction of sp³-hybridized carbons (Fsp3) is 0.407. The summed E-state index contributed by atoms with van der Waals surface area (Å²) in [6, 6.07) is 12.5. The molecule has 5 rings (SSSR count). The highest BCUT2D eigenvalue weighted by molar-refractivity contribution is 5.99. The number of hydrogen-bond donors (Lipinski definition) is 1. The average Bonchev–Trinajstić information content (AvgIpc) is 3.36. The van der Waals surface area contributed by atoms with Gasteiger partial charge in [0.1, 0.15) is 11.4 Å². The minimum Gasteiger partial charge on any atom is -0.493 e. The molecule has 3 aromatic rings. The van der Waals surface area contributed by atoms with Gasteiger partial charge in [-0.25, -0.2) is 4.68 Å². The van der Waals surface area contributed by atoms with Gasteiger partial charge >= 0.3 is 6.18 Å². The summed E-state index contributed by atoms with van der Waals surface area (Å²) in [7, 11) is 2.97. The van der Waals surface area contributed by atoms with Crippen molar-refractivity contribution in [3.05, 3.63) is 71.4 Å². The quantitative estimate of drug-likeness (QED) is 0.507. The number of anilines is 1. The summed E-state index contributed by atoms with van der Waals surface area (Å²) < 4.78 is 53.9. The first-order valence-electron chi connectivity index (χ1n) is 12.5. The monoisotopic (exact) mass is 529 g/mol. The normalized spacial score (nSPS) is 20.0. The third-order valence-corrected chi connectivity index (χ3v) is 7.19. The Kier molecular flexibility index (Phi) is 7.20. The minimum atomic E-state index is -4.54. The van der Waals surface area contributed by atoms with E-state index >= 15 is 0 Å². The average molecular weight is 530 g/mol. The second kappa shape index (κ2) is 10.6. The number of piperazine rings is 1. The largest absolute Gasteiger partial charge is 0.493 e. The van der Waals surface area contributed by atoms with Crippen LogP contribution in [0.25, 0.3) is 0 Å². The Morgan fingerprint density at radius 2 is 1.74 bits per heavy atom. The number of carbonyl (C=O) groups excluding carboxylic acids is 1. The van der Waals surface area contributed by atoms with Crippen LogP contribution in [0.4, 0.5) is 19.0 Å². The Balaban J connectivity index is 1.36. The lowest BCUT2D eigenvalue weighted by molar-refractivity contribution is -0.173. The van der Waals surface area contributed by atoms with Gasteiger partial charge in [0.15, 0.2) is 17.5 Å². The highest BCUT2D eigenvalue weighted by Crippen LogP contribution is 2.45. The number of rotatable bonds is 6. The van der Waals surface area contributed by atoms with Crippen LogP contribution in [0.5, 0.6) is 11.5 Å². The number of halogens is 3. The number of benzene rings is 2. The third kappa shape index (κ3) is 5.15. The zero-order chi connectivity index (χ0) is 26.9. The van der Waals surface area contributed by atoms with Crippen LogP contribution in [-0.2, 0) is 6.54 Å². The summed E-state index contributed by atoms with van der Waals surface area (Å²) in [5.74, 6) is 0.646. The van der Waals surface area contributed by atoms with E-state index in [0.717, 1.165) is 11.2 Å². The van der Waals surface area contributed by atoms with Gasteiger partial charge in [-0.1, -0.05) is 36.4 Å². The maximum Gasteiger partial charge on any atom is 0.410 e. The van der Waals surface area contributed by atoms with Crippen molar-refractivity contribution in [1.29, 1.82) is 0 Å². The first-order chi connectivity index (χ1) is 18.3. The summed E-state index contributed by atoms with van der Waals surface area (Å²) in [6.45, 7) is 3.11. The van der Waals surface area contributed by atoms with Gasteiger partial charge < -0.3 is 19.7 Å². The Labute approximate surface area is 218 Å². The maximum absolute atomic E-state index is 14.1. The molecule has 38 heavy (non-hydrogen) atoms. The van der Waals surface area contributed by atoms with Crippen molar-refractivity contribution in [2.45, 2.75) is 31.2 Å². The molecule has 0 bridgehead atoms. The molecular formula is C27H30F3N5O3. The first kappa shape index (κ1) is 25.9. The summed E-state index contributed by atoms with van der Waals surface area (Å²) in [5.41, 5.74) is 1.93. The fourth-order valence-corrected chi connectivity index (χ4v) is 5.13. The molecule has 1 amide bonds.